The van der Waals surface area contributed by atoms with Crippen LogP contribution in [0, 0.1) is 5.82 Å². The largest absolute Gasteiger partial charge is 0.459 e. The van der Waals surface area contributed by atoms with Crippen LogP contribution in [0.1, 0.15) is 5.76 Å². The second-order valence-electron chi connectivity index (χ2n) is 5.43. The molecule has 2 heterocycles. The maximum atomic E-state index is 13.3. The maximum absolute atomic E-state index is 13.3. The summed E-state index contributed by atoms with van der Waals surface area (Å²) in [6.45, 7) is 1.05. The van der Waals surface area contributed by atoms with Crippen molar-refractivity contribution < 1.29 is 23.1 Å². The normalized spacial score (nSPS) is 21.0. The van der Waals surface area contributed by atoms with Gasteiger partial charge in [-0.05, 0) is 24.3 Å². The van der Waals surface area contributed by atoms with Gasteiger partial charge in [0.05, 0.1) is 25.8 Å². The van der Waals surface area contributed by atoms with Crippen LogP contribution in [-0.4, -0.2) is 49.2 Å². The molecule has 3 rings (SSSR count). The molecule has 1 aromatic carbocycles. The summed E-state index contributed by atoms with van der Waals surface area (Å²) in [6, 6.07) is 5.80. The van der Waals surface area contributed by atoms with Crippen molar-refractivity contribution in [1.29, 1.82) is 0 Å². The number of methoxy groups -OCH3 is 1. The van der Waals surface area contributed by atoms with Crippen molar-refractivity contribution in [3.8, 4) is 0 Å². The highest BCUT2D eigenvalue weighted by Gasteiger charge is 2.36. The van der Waals surface area contributed by atoms with E-state index in [9.17, 15) is 9.18 Å². The van der Waals surface area contributed by atoms with Crippen LogP contribution in [-0.2, 0) is 20.8 Å². The van der Waals surface area contributed by atoms with Gasteiger partial charge >= 0.3 is 0 Å². The predicted octanol–water partition coefficient (Wildman–Crippen LogP) is 2.55. The number of fused-ring (bicyclic) bond motifs is 1. The number of rotatable bonds is 5. The lowest BCUT2D eigenvalue weighted by molar-refractivity contribution is -0.133. The molecular weight excluding hydrogens is 325 g/mol. The summed E-state index contributed by atoms with van der Waals surface area (Å²) in [5.74, 6) is -0.134. The van der Waals surface area contributed by atoms with Gasteiger partial charge in [0.25, 0.3) is 0 Å². The van der Waals surface area contributed by atoms with Gasteiger partial charge in [0.1, 0.15) is 29.1 Å². The highest BCUT2D eigenvalue weighted by Crippen LogP contribution is 2.24. The fraction of sp³-hybridized carbons (Fsp3) is 0.438. The zero-order valence-electron chi connectivity index (χ0n) is 12.6. The van der Waals surface area contributed by atoms with Gasteiger partial charge in [-0.15, -0.1) is 11.6 Å². The van der Waals surface area contributed by atoms with Crippen molar-refractivity contribution in [2.45, 2.75) is 18.7 Å². The average Bonchev–Trinajstić information content (AvgIpc) is 3.17. The van der Waals surface area contributed by atoms with Gasteiger partial charge in [-0.25, -0.2) is 4.39 Å². The van der Waals surface area contributed by atoms with E-state index in [4.69, 9.17) is 25.5 Å². The Morgan fingerprint density at radius 3 is 3.00 bits per heavy atom. The van der Waals surface area contributed by atoms with E-state index in [-0.39, 0.29) is 36.3 Å². The minimum Gasteiger partial charge on any atom is -0.459 e. The Kier molecular flexibility index (Phi) is 4.84. The molecule has 0 unspecified atom stereocenters. The number of hydrogen-bond acceptors (Lipinski definition) is 4. The number of alkyl halides is 1. The first-order valence-corrected chi connectivity index (χ1v) is 7.79. The summed E-state index contributed by atoms with van der Waals surface area (Å²) < 4.78 is 29.7. The van der Waals surface area contributed by atoms with Crippen LogP contribution < -0.4 is 0 Å². The lowest BCUT2D eigenvalue weighted by atomic mass is 10.1. The summed E-state index contributed by atoms with van der Waals surface area (Å²) in [7, 11) is 1.58. The molecule has 7 heteroatoms. The molecule has 5 nitrogen and oxygen atoms in total. The van der Waals surface area contributed by atoms with Crippen LogP contribution in [0.15, 0.2) is 28.7 Å². The smallest absolute Gasteiger partial charge is 0.238 e. The van der Waals surface area contributed by atoms with Gasteiger partial charge in [-0.3, -0.25) is 4.79 Å². The number of hydrogen-bond donors (Lipinski definition) is 0. The van der Waals surface area contributed by atoms with Crippen LogP contribution >= 0.6 is 11.6 Å². The van der Waals surface area contributed by atoms with Gasteiger partial charge < -0.3 is 18.8 Å². The van der Waals surface area contributed by atoms with Gasteiger partial charge in [-0.1, -0.05) is 0 Å². The quantitative estimate of drug-likeness (QED) is 0.784. The van der Waals surface area contributed by atoms with Crippen molar-refractivity contribution in [3.05, 3.63) is 35.8 Å². The van der Waals surface area contributed by atoms with Gasteiger partial charge in [-0.2, -0.15) is 0 Å². The van der Waals surface area contributed by atoms with Crippen molar-refractivity contribution >= 4 is 28.5 Å². The molecule has 1 amide bonds. The Labute approximate surface area is 137 Å². The van der Waals surface area contributed by atoms with Crippen molar-refractivity contribution in [2.24, 2.45) is 0 Å². The lowest BCUT2D eigenvalue weighted by Gasteiger charge is -2.30. The first-order chi connectivity index (χ1) is 11.1. The van der Waals surface area contributed by atoms with E-state index in [1.807, 2.05) is 0 Å². The third kappa shape index (κ3) is 3.34. The molecule has 1 aromatic heterocycles. The molecule has 0 saturated carbocycles. The van der Waals surface area contributed by atoms with E-state index in [0.29, 0.717) is 29.9 Å². The van der Waals surface area contributed by atoms with Gasteiger partial charge in [0.15, 0.2) is 0 Å². The zero-order chi connectivity index (χ0) is 16.4. The number of nitrogens with zero attached hydrogens (tertiary/aromatic N) is 1. The standard InChI is InChI=1S/C16H17ClFNO4/c1-21-15-9-22-8-13(15)19(16(20)6-17)7-12-5-10-4-11(18)2-3-14(10)23-12/h2-5,13,15H,6-9H2,1H3/t13-,15+/m0/s1. The Hall–Kier alpha value is -1.63. The number of furan rings is 1. The molecule has 2 aromatic rings. The molecule has 1 aliphatic heterocycles. The molecule has 0 aliphatic carbocycles. The third-order valence-corrected chi connectivity index (χ3v) is 4.22. The van der Waals surface area contributed by atoms with Gasteiger partial charge in [0.2, 0.25) is 5.91 Å². The van der Waals surface area contributed by atoms with Crippen molar-refractivity contribution in [3.63, 3.8) is 0 Å². The summed E-state index contributed by atoms with van der Waals surface area (Å²) in [4.78, 5) is 13.8. The minimum absolute atomic E-state index is 0.137. The Bertz CT molecular complexity index is 704. The van der Waals surface area contributed by atoms with Crippen LogP contribution in [0.5, 0.6) is 0 Å². The highest BCUT2D eigenvalue weighted by atomic mass is 35.5. The van der Waals surface area contributed by atoms with Gasteiger partial charge in [0, 0.05) is 12.5 Å². The number of amides is 1. The molecule has 1 fully saturated rings. The molecule has 1 aliphatic rings. The highest BCUT2D eigenvalue weighted by molar-refractivity contribution is 6.27. The Morgan fingerprint density at radius 2 is 2.26 bits per heavy atom. The van der Waals surface area contributed by atoms with Crippen LogP contribution in [0.25, 0.3) is 11.0 Å². The fourth-order valence-corrected chi connectivity index (χ4v) is 2.97. The van der Waals surface area contributed by atoms with Crippen LogP contribution in [0.4, 0.5) is 4.39 Å². The Balaban J connectivity index is 1.86. The number of benzene rings is 1. The molecule has 0 spiro atoms. The zero-order valence-corrected chi connectivity index (χ0v) is 13.4. The first kappa shape index (κ1) is 16.2. The number of carbonyl (C=O) groups is 1. The summed E-state index contributed by atoms with van der Waals surface area (Å²) >= 11 is 5.73. The summed E-state index contributed by atoms with van der Waals surface area (Å²) in [5.41, 5.74) is 0.575. The van der Waals surface area contributed by atoms with Crippen LogP contribution in [0.2, 0.25) is 0 Å². The van der Waals surface area contributed by atoms with E-state index < -0.39 is 0 Å². The second-order valence-corrected chi connectivity index (χ2v) is 5.70. The van der Waals surface area contributed by atoms with E-state index in [1.54, 1.807) is 24.1 Å². The van der Waals surface area contributed by atoms with E-state index in [1.165, 1.54) is 12.1 Å². The number of ether oxygens (including phenoxy) is 2. The SMILES string of the molecule is CO[C@@H]1COC[C@@H]1N(Cc1cc2cc(F)ccc2o1)C(=O)CCl. The second kappa shape index (κ2) is 6.86. The first-order valence-electron chi connectivity index (χ1n) is 7.26. The minimum atomic E-state index is -0.331. The maximum Gasteiger partial charge on any atom is 0.238 e. The summed E-state index contributed by atoms with van der Waals surface area (Å²) in [5, 5.41) is 0.657. The molecule has 2 atom stereocenters. The summed E-state index contributed by atoms with van der Waals surface area (Å²) in [6.07, 6.45) is -0.205. The molecule has 124 valence electrons. The molecule has 0 radical (unpaired) electrons. The molecule has 1 saturated heterocycles. The topological polar surface area (TPSA) is 51.9 Å². The molecule has 23 heavy (non-hydrogen) atoms. The third-order valence-electron chi connectivity index (χ3n) is 3.99. The van der Waals surface area contributed by atoms with E-state index in [0.717, 1.165) is 0 Å². The van der Waals surface area contributed by atoms with E-state index in [2.05, 4.69) is 0 Å². The number of carbonyl (C=O) groups excluding carboxylic acids is 1. The average molecular weight is 342 g/mol. The number of halogens is 2. The lowest BCUT2D eigenvalue weighted by Crippen LogP contribution is -2.47. The Morgan fingerprint density at radius 1 is 1.43 bits per heavy atom. The van der Waals surface area contributed by atoms with E-state index >= 15 is 0 Å². The van der Waals surface area contributed by atoms with Crippen molar-refractivity contribution in [2.75, 3.05) is 26.2 Å². The predicted molar refractivity (Wildman–Crippen MR) is 82.8 cm³/mol. The molecule has 0 N–H and O–H groups in total. The fourth-order valence-electron chi connectivity index (χ4n) is 2.82. The van der Waals surface area contributed by atoms with Crippen LogP contribution in [0.3, 0.4) is 0 Å². The van der Waals surface area contributed by atoms with Crippen molar-refractivity contribution in [1.82, 2.24) is 4.90 Å². The molecular formula is C16H17ClFNO4. The molecule has 0 bridgehead atoms. The monoisotopic (exact) mass is 341 g/mol.